The number of benzene rings is 1. The van der Waals surface area contributed by atoms with Gasteiger partial charge in [0.2, 0.25) is 10.0 Å². The van der Waals surface area contributed by atoms with Crippen LogP contribution < -0.4 is 5.43 Å². The fourth-order valence-corrected chi connectivity index (χ4v) is 3.93. The normalized spacial score (nSPS) is 16.6. The Labute approximate surface area is 141 Å². The van der Waals surface area contributed by atoms with Crippen LogP contribution in [0.25, 0.3) is 0 Å². The highest BCUT2D eigenvalue weighted by molar-refractivity contribution is 7.88. The average Bonchev–Trinajstić information content (AvgIpc) is 2.52. The van der Waals surface area contributed by atoms with Gasteiger partial charge in [-0.3, -0.25) is 4.79 Å². The molecule has 0 unspecified atom stereocenters. The third-order valence-corrected chi connectivity index (χ3v) is 5.24. The van der Waals surface area contributed by atoms with Gasteiger partial charge in [0, 0.05) is 6.04 Å². The Morgan fingerprint density at radius 1 is 1.38 bits per heavy atom. The Bertz CT molecular complexity index is 700. The maximum atomic E-state index is 13.0. The number of sulfonamides is 1. The first-order valence-corrected chi connectivity index (χ1v) is 9.75. The van der Waals surface area contributed by atoms with E-state index in [9.17, 15) is 17.6 Å². The number of hydrazone groups is 1. The molecule has 8 heteroatoms. The third kappa shape index (κ3) is 5.68. The molecule has 1 aromatic carbocycles. The number of halogens is 1. The van der Waals surface area contributed by atoms with E-state index in [0.29, 0.717) is 5.56 Å². The van der Waals surface area contributed by atoms with Gasteiger partial charge in [-0.1, -0.05) is 31.4 Å². The number of nitrogens with zero attached hydrogens (tertiary/aromatic N) is 2. The molecular weight excluding hydrogens is 333 g/mol. The van der Waals surface area contributed by atoms with E-state index >= 15 is 0 Å². The van der Waals surface area contributed by atoms with E-state index in [-0.39, 0.29) is 12.6 Å². The van der Waals surface area contributed by atoms with Crippen molar-refractivity contribution in [3.05, 3.63) is 35.6 Å². The molecule has 0 aromatic heterocycles. The van der Waals surface area contributed by atoms with E-state index in [0.717, 1.165) is 38.4 Å². The van der Waals surface area contributed by atoms with E-state index < -0.39 is 21.7 Å². The molecule has 0 aliphatic heterocycles. The summed E-state index contributed by atoms with van der Waals surface area (Å²) in [5.41, 5.74) is 2.80. The minimum absolute atomic E-state index is 0.133. The van der Waals surface area contributed by atoms with Gasteiger partial charge in [0.05, 0.1) is 19.0 Å². The summed E-state index contributed by atoms with van der Waals surface area (Å²) in [4.78, 5) is 12.0. The van der Waals surface area contributed by atoms with Gasteiger partial charge < -0.3 is 0 Å². The van der Waals surface area contributed by atoms with Crippen LogP contribution in [-0.4, -0.2) is 43.7 Å². The molecule has 2 rings (SSSR count). The molecule has 1 N–H and O–H groups in total. The quantitative estimate of drug-likeness (QED) is 0.625. The van der Waals surface area contributed by atoms with Crippen LogP contribution in [-0.2, 0) is 14.8 Å². The lowest BCUT2D eigenvalue weighted by Gasteiger charge is -2.31. The van der Waals surface area contributed by atoms with Crippen molar-refractivity contribution in [1.29, 1.82) is 0 Å². The first-order valence-electron chi connectivity index (χ1n) is 7.90. The van der Waals surface area contributed by atoms with Crippen molar-refractivity contribution in [3.63, 3.8) is 0 Å². The summed E-state index contributed by atoms with van der Waals surface area (Å²) in [6.07, 6.45) is 7.00. The first-order chi connectivity index (χ1) is 11.4. The number of hydrogen-bond donors (Lipinski definition) is 1. The van der Waals surface area contributed by atoms with Gasteiger partial charge in [-0.05, 0) is 30.5 Å². The number of nitrogens with one attached hydrogen (secondary N) is 1. The second-order valence-corrected chi connectivity index (χ2v) is 7.88. The van der Waals surface area contributed by atoms with Gasteiger partial charge in [0.1, 0.15) is 5.82 Å². The fraction of sp³-hybridized carbons (Fsp3) is 0.500. The van der Waals surface area contributed by atoms with E-state index in [1.54, 1.807) is 6.07 Å². The van der Waals surface area contributed by atoms with Gasteiger partial charge in [-0.25, -0.2) is 18.2 Å². The van der Waals surface area contributed by atoms with E-state index in [4.69, 9.17) is 0 Å². The van der Waals surface area contributed by atoms with Crippen molar-refractivity contribution < 1.29 is 17.6 Å². The summed E-state index contributed by atoms with van der Waals surface area (Å²) in [6.45, 7) is -0.260. The smallest absolute Gasteiger partial charge is 0.255 e. The van der Waals surface area contributed by atoms with E-state index in [1.807, 2.05) is 0 Å². The van der Waals surface area contributed by atoms with Crippen molar-refractivity contribution in [2.24, 2.45) is 5.10 Å². The zero-order chi connectivity index (χ0) is 17.6. The topological polar surface area (TPSA) is 78.8 Å². The van der Waals surface area contributed by atoms with Crippen molar-refractivity contribution in [2.75, 3.05) is 12.8 Å². The molecule has 132 valence electrons. The van der Waals surface area contributed by atoms with Crippen LogP contribution in [0.15, 0.2) is 29.4 Å². The second kappa shape index (κ2) is 8.34. The van der Waals surface area contributed by atoms with E-state index in [2.05, 4.69) is 10.5 Å². The molecule has 24 heavy (non-hydrogen) atoms. The van der Waals surface area contributed by atoms with Gasteiger partial charge >= 0.3 is 0 Å². The molecule has 0 heterocycles. The fourth-order valence-electron chi connectivity index (χ4n) is 2.83. The van der Waals surface area contributed by atoms with Crippen LogP contribution in [0.2, 0.25) is 0 Å². The molecular formula is C16H22FN3O3S. The molecule has 1 saturated carbocycles. The lowest BCUT2D eigenvalue weighted by Crippen LogP contribution is -2.45. The van der Waals surface area contributed by atoms with Crippen molar-refractivity contribution >= 4 is 22.1 Å². The number of carbonyl (C=O) groups is 1. The summed E-state index contributed by atoms with van der Waals surface area (Å²) < 4.78 is 38.2. The largest absolute Gasteiger partial charge is 0.272 e. The van der Waals surface area contributed by atoms with Crippen LogP contribution >= 0.6 is 0 Å². The zero-order valence-corrected chi connectivity index (χ0v) is 14.4. The Balaban J connectivity index is 1.95. The summed E-state index contributed by atoms with van der Waals surface area (Å²) in [7, 11) is -3.47. The molecule has 1 aromatic rings. The van der Waals surface area contributed by atoms with Gasteiger partial charge in [-0.2, -0.15) is 9.41 Å². The standard InChI is InChI=1S/C16H22FN3O3S/c1-24(22,23)20(15-8-3-2-4-9-15)12-16(21)19-18-11-13-6-5-7-14(17)10-13/h5-7,10-11,15H,2-4,8-9,12H2,1H3,(H,19,21)/b18-11+. The summed E-state index contributed by atoms with van der Waals surface area (Å²) in [6, 6.07) is 5.63. The number of amides is 1. The van der Waals surface area contributed by atoms with Crippen molar-refractivity contribution in [2.45, 2.75) is 38.1 Å². The molecule has 0 bridgehead atoms. The van der Waals surface area contributed by atoms with Crippen molar-refractivity contribution in [3.8, 4) is 0 Å². The number of carbonyl (C=O) groups excluding carboxylic acids is 1. The number of hydrogen-bond acceptors (Lipinski definition) is 4. The lowest BCUT2D eigenvalue weighted by atomic mass is 9.95. The lowest BCUT2D eigenvalue weighted by molar-refractivity contribution is -0.121. The molecule has 6 nitrogen and oxygen atoms in total. The average molecular weight is 355 g/mol. The maximum absolute atomic E-state index is 13.0. The molecule has 1 aliphatic carbocycles. The highest BCUT2D eigenvalue weighted by Gasteiger charge is 2.29. The molecule has 0 saturated heterocycles. The Morgan fingerprint density at radius 2 is 2.08 bits per heavy atom. The Kier molecular flexibility index (Phi) is 6.44. The molecule has 0 atom stereocenters. The third-order valence-electron chi connectivity index (χ3n) is 3.96. The molecule has 0 radical (unpaired) electrons. The van der Waals surface area contributed by atoms with Crippen LogP contribution in [0, 0.1) is 5.82 Å². The molecule has 1 aliphatic rings. The second-order valence-electron chi connectivity index (χ2n) is 5.95. The minimum atomic E-state index is -3.47. The number of rotatable bonds is 6. The van der Waals surface area contributed by atoms with Gasteiger partial charge in [0.25, 0.3) is 5.91 Å². The highest BCUT2D eigenvalue weighted by Crippen LogP contribution is 2.24. The summed E-state index contributed by atoms with van der Waals surface area (Å²) in [5.74, 6) is -0.913. The minimum Gasteiger partial charge on any atom is -0.272 e. The molecule has 1 amide bonds. The van der Waals surface area contributed by atoms with Gasteiger partial charge in [0.15, 0.2) is 0 Å². The molecule has 1 fully saturated rings. The van der Waals surface area contributed by atoms with Crippen LogP contribution in [0.3, 0.4) is 0 Å². The highest BCUT2D eigenvalue weighted by atomic mass is 32.2. The van der Waals surface area contributed by atoms with Gasteiger partial charge in [-0.15, -0.1) is 0 Å². The van der Waals surface area contributed by atoms with Crippen LogP contribution in [0.1, 0.15) is 37.7 Å². The van der Waals surface area contributed by atoms with Crippen molar-refractivity contribution in [1.82, 2.24) is 9.73 Å². The first kappa shape index (κ1) is 18.5. The Morgan fingerprint density at radius 3 is 2.71 bits per heavy atom. The zero-order valence-electron chi connectivity index (χ0n) is 13.6. The van der Waals surface area contributed by atoms with Crippen LogP contribution in [0.5, 0.6) is 0 Å². The predicted molar refractivity (Wildman–Crippen MR) is 90.6 cm³/mol. The summed E-state index contributed by atoms with van der Waals surface area (Å²) >= 11 is 0. The maximum Gasteiger partial charge on any atom is 0.255 e. The Hall–Kier alpha value is -1.80. The molecule has 0 spiro atoms. The predicted octanol–water partition coefficient (Wildman–Crippen LogP) is 1.87. The summed E-state index contributed by atoms with van der Waals surface area (Å²) in [5, 5.41) is 3.75. The van der Waals surface area contributed by atoms with E-state index in [1.165, 1.54) is 28.7 Å². The SMILES string of the molecule is CS(=O)(=O)N(CC(=O)N/N=C/c1cccc(F)c1)C1CCCCC1. The monoisotopic (exact) mass is 355 g/mol. The van der Waals surface area contributed by atoms with Crippen LogP contribution in [0.4, 0.5) is 4.39 Å².